The minimum atomic E-state index is -2.59. The number of ketones is 3. The van der Waals surface area contributed by atoms with Gasteiger partial charge in [-0.25, -0.2) is 0 Å². The number of aliphatic hydroxyl groups is 3. The first-order valence-corrected chi connectivity index (χ1v) is 10.1. The Morgan fingerprint density at radius 3 is 2.44 bits per heavy atom. The molecule has 0 heterocycles. The molecule has 0 radical (unpaired) electrons. The zero-order valence-corrected chi connectivity index (χ0v) is 17.7. The van der Waals surface area contributed by atoms with Gasteiger partial charge in [-0.2, -0.15) is 5.26 Å². The highest BCUT2D eigenvalue weighted by Gasteiger charge is 2.64. The van der Waals surface area contributed by atoms with Crippen molar-refractivity contribution in [1.29, 1.82) is 5.26 Å². The van der Waals surface area contributed by atoms with Crippen LogP contribution >= 0.6 is 0 Å². The number of fused-ring (bicyclic) bond motifs is 3. The molecule has 4 rings (SSSR count). The van der Waals surface area contributed by atoms with Gasteiger partial charge in [0.2, 0.25) is 5.78 Å². The van der Waals surface area contributed by atoms with Gasteiger partial charge in [0.05, 0.1) is 23.2 Å². The first-order valence-electron chi connectivity index (χ1n) is 10.1. The number of hydrogen-bond donors (Lipinski definition) is 4. The first-order chi connectivity index (χ1) is 15.0. The Hall–Kier alpha value is -3.48. The molecule has 0 amide bonds. The molecular weight excluding hydrogens is 416 g/mol. The van der Waals surface area contributed by atoms with Gasteiger partial charge in [-0.3, -0.25) is 19.3 Å². The van der Waals surface area contributed by atoms with E-state index in [2.05, 4.69) is 0 Å². The van der Waals surface area contributed by atoms with Crippen molar-refractivity contribution in [2.75, 3.05) is 14.1 Å². The number of nitriles is 1. The van der Waals surface area contributed by atoms with E-state index in [0.29, 0.717) is 5.56 Å². The molecule has 0 aliphatic heterocycles. The van der Waals surface area contributed by atoms with Gasteiger partial charge < -0.3 is 20.4 Å². The molecule has 1 aromatic carbocycles. The van der Waals surface area contributed by atoms with Crippen molar-refractivity contribution in [3.8, 4) is 11.8 Å². The molecule has 9 heteroatoms. The molecule has 3 aliphatic rings. The van der Waals surface area contributed by atoms with Crippen molar-refractivity contribution in [3.63, 3.8) is 0 Å². The lowest BCUT2D eigenvalue weighted by Crippen LogP contribution is -2.65. The topological polar surface area (TPSA) is 159 Å². The van der Waals surface area contributed by atoms with Gasteiger partial charge in [-0.05, 0) is 57.5 Å². The Bertz CT molecular complexity index is 1200. The number of aromatic hydroxyl groups is 1. The number of carbonyl (C=O) groups excluding carboxylic acids is 3. The summed E-state index contributed by atoms with van der Waals surface area (Å²) in [7, 11) is 3.14. The van der Waals surface area contributed by atoms with Crippen LogP contribution < -0.4 is 0 Å². The highest BCUT2D eigenvalue weighted by Crippen LogP contribution is 2.52. The third-order valence-corrected chi connectivity index (χ3v) is 6.83. The predicted molar refractivity (Wildman–Crippen MR) is 110 cm³/mol. The van der Waals surface area contributed by atoms with Crippen molar-refractivity contribution < 1.29 is 34.8 Å². The van der Waals surface area contributed by atoms with Crippen LogP contribution in [0.4, 0.5) is 0 Å². The third-order valence-electron chi connectivity index (χ3n) is 6.83. The number of Topliss-reactive ketones (excluding diaryl/α,β-unsaturated/α-hetero) is 3. The largest absolute Gasteiger partial charge is 0.508 e. The SMILES string of the molecule is CC(=O)C1=C(O)[C@@]2(O)C(=O)C3=C(O)c4c(O)ccc(C#N)c4C[C@H]3C[C@H]2[C@H](N(C)C)C1=O. The molecule has 1 aromatic rings. The molecular formula is C23H22N2O7. The number of phenolic OH excluding ortho intramolecular Hbond substituents is 1. The van der Waals surface area contributed by atoms with Crippen LogP contribution in [0, 0.1) is 23.2 Å². The van der Waals surface area contributed by atoms with E-state index in [1.54, 1.807) is 14.1 Å². The molecule has 166 valence electrons. The highest BCUT2D eigenvalue weighted by atomic mass is 16.3. The van der Waals surface area contributed by atoms with Gasteiger partial charge >= 0.3 is 0 Å². The van der Waals surface area contributed by atoms with E-state index >= 15 is 0 Å². The van der Waals surface area contributed by atoms with Gasteiger partial charge in [0, 0.05) is 11.5 Å². The summed E-state index contributed by atoms with van der Waals surface area (Å²) in [6.07, 6.45) is 0.133. The van der Waals surface area contributed by atoms with Crippen molar-refractivity contribution in [1.82, 2.24) is 4.90 Å². The Morgan fingerprint density at radius 1 is 1.22 bits per heavy atom. The molecule has 0 saturated heterocycles. The molecule has 3 aliphatic carbocycles. The van der Waals surface area contributed by atoms with E-state index in [9.17, 15) is 40.1 Å². The number of aliphatic hydroxyl groups excluding tert-OH is 2. The van der Waals surface area contributed by atoms with E-state index in [-0.39, 0.29) is 35.3 Å². The summed E-state index contributed by atoms with van der Waals surface area (Å²) in [5.74, 6) is -6.20. The number of phenols is 1. The Kier molecular flexibility index (Phi) is 4.77. The lowest BCUT2D eigenvalue weighted by atomic mass is 9.57. The predicted octanol–water partition coefficient (Wildman–Crippen LogP) is 0.939. The van der Waals surface area contributed by atoms with Crippen LogP contribution in [0.25, 0.3) is 5.76 Å². The minimum absolute atomic E-state index is 0.0193. The molecule has 0 spiro atoms. The van der Waals surface area contributed by atoms with Crippen LogP contribution in [-0.2, 0) is 20.8 Å². The minimum Gasteiger partial charge on any atom is -0.508 e. The summed E-state index contributed by atoms with van der Waals surface area (Å²) < 4.78 is 0. The van der Waals surface area contributed by atoms with Crippen molar-refractivity contribution in [2.45, 2.75) is 31.4 Å². The van der Waals surface area contributed by atoms with Crippen molar-refractivity contribution >= 4 is 23.1 Å². The number of carbonyl (C=O) groups is 3. The van der Waals surface area contributed by atoms with Gasteiger partial charge in [0.25, 0.3) is 0 Å². The van der Waals surface area contributed by atoms with Crippen molar-refractivity contribution in [2.24, 2.45) is 11.8 Å². The number of hydrogen-bond acceptors (Lipinski definition) is 9. The molecule has 4 atom stereocenters. The van der Waals surface area contributed by atoms with E-state index in [1.165, 1.54) is 17.0 Å². The van der Waals surface area contributed by atoms with E-state index in [1.807, 2.05) is 6.07 Å². The molecule has 0 bridgehead atoms. The standard InChI is InChI=1S/C23H22N2O7/c1-9(26)15-20(29)18(25(2)3)13-7-11-6-12-10(8-24)4-5-14(27)17(12)19(28)16(11)22(31)23(13,32)21(15)30/h4-5,11,13,18,27-28,30,32H,6-7H2,1-3H3/t11-,13-,18-,23+/m0/s1. The average Bonchev–Trinajstić information content (AvgIpc) is 2.70. The molecule has 0 aromatic heterocycles. The van der Waals surface area contributed by atoms with Gasteiger partial charge in [-0.1, -0.05) is 0 Å². The number of rotatable bonds is 2. The van der Waals surface area contributed by atoms with E-state index in [0.717, 1.165) is 6.92 Å². The maximum Gasteiger partial charge on any atom is 0.202 e. The molecule has 4 N–H and O–H groups in total. The maximum atomic E-state index is 13.6. The Morgan fingerprint density at radius 2 is 1.88 bits per heavy atom. The molecule has 1 saturated carbocycles. The van der Waals surface area contributed by atoms with Crippen LogP contribution in [0.15, 0.2) is 29.0 Å². The molecule has 0 unspecified atom stereocenters. The molecule has 32 heavy (non-hydrogen) atoms. The summed E-state index contributed by atoms with van der Waals surface area (Å²) in [6, 6.07) is 3.58. The smallest absolute Gasteiger partial charge is 0.202 e. The number of benzene rings is 1. The second-order valence-electron chi connectivity index (χ2n) is 8.75. The zero-order valence-electron chi connectivity index (χ0n) is 17.7. The van der Waals surface area contributed by atoms with Crippen molar-refractivity contribution in [3.05, 3.63) is 45.7 Å². The monoisotopic (exact) mass is 438 g/mol. The fraction of sp³-hybridized carbons (Fsp3) is 0.391. The lowest BCUT2D eigenvalue weighted by Gasteiger charge is -2.50. The number of likely N-dealkylation sites (N-methyl/N-ethyl adjacent to an activating group) is 1. The Balaban J connectivity index is 2.00. The molecule has 1 fully saturated rings. The van der Waals surface area contributed by atoms with Crippen LogP contribution in [-0.4, -0.2) is 68.4 Å². The van der Waals surface area contributed by atoms with Gasteiger partial charge in [-0.15, -0.1) is 0 Å². The van der Waals surface area contributed by atoms with Gasteiger partial charge in [0.15, 0.2) is 17.2 Å². The van der Waals surface area contributed by atoms with Crippen LogP contribution in [0.5, 0.6) is 5.75 Å². The maximum absolute atomic E-state index is 13.6. The summed E-state index contributed by atoms with van der Waals surface area (Å²) in [6.45, 7) is 1.06. The lowest BCUT2D eigenvalue weighted by molar-refractivity contribution is -0.153. The quantitative estimate of drug-likeness (QED) is 0.493. The first kappa shape index (κ1) is 21.7. The van der Waals surface area contributed by atoms with Crippen LogP contribution in [0.3, 0.4) is 0 Å². The van der Waals surface area contributed by atoms with Crippen LogP contribution in [0.1, 0.15) is 30.0 Å². The normalized spacial score (nSPS) is 29.4. The number of nitrogens with zero attached hydrogens (tertiary/aromatic N) is 2. The fourth-order valence-corrected chi connectivity index (χ4v) is 5.45. The summed E-state index contributed by atoms with van der Waals surface area (Å²) in [5.41, 5.74) is -2.92. The Labute approximate surface area is 183 Å². The zero-order chi connectivity index (χ0) is 23.7. The van der Waals surface area contributed by atoms with E-state index in [4.69, 9.17) is 0 Å². The molecule has 9 nitrogen and oxygen atoms in total. The van der Waals surface area contributed by atoms with Gasteiger partial charge in [0.1, 0.15) is 22.8 Å². The summed E-state index contributed by atoms with van der Waals surface area (Å²) in [5, 5.41) is 53.0. The third kappa shape index (κ3) is 2.60. The summed E-state index contributed by atoms with van der Waals surface area (Å²) >= 11 is 0. The fourth-order valence-electron chi connectivity index (χ4n) is 5.45. The average molecular weight is 438 g/mol. The second kappa shape index (κ2) is 7.02. The van der Waals surface area contributed by atoms with Crippen LogP contribution in [0.2, 0.25) is 0 Å². The van der Waals surface area contributed by atoms with E-state index < -0.39 is 57.9 Å². The second-order valence-corrected chi connectivity index (χ2v) is 8.75. The highest BCUT2D eigenvalue weighted by molar-refractivity contribution is 6.25. The summed E-state index contributed by atoms with van der Waals surface area (Å²) in [4.78, 5) is 40.3.